The molecular formula is C17H16N2O5. The van der Waals surface area contributed by atoms with Gasteiger partial charge >= 0.3 is 5.97 Å². The monoisotopic (exact) mass is 328 g/mol. The Hall–Kier alpha value is -3.22. The van der Waals surface area contributed by atoms with Gasteiger partial charge in [-0.2, -0.15) is 0 Å². The van der Waals surface area contributed by atoms with Gasteiger partial charge in [0.15, 0.2) is 0 Å². The Labute approximate surface area is 138 Å². The summed E-state index contributed by atoms with van der Waals surface area (Å²) in [6.07, 6.45) is -0.376. The topological polar surface area (TPSA) is 110 Å². The van der Waals surface area contributed by atoms with E-state index in [1.807, 2.05) is 6.92 Å². The molecule has 2 rings (SSSR count). The van der Waals surface area contributed by atoms with Crippen molar-refractivity contribution in [2.75, 3.05) is 0 Å². The molecule has 1 amide bonds. The summed E-state index contributed by atoms with van der Waals surface area (Å²) >= 11 is 0. The number of aryl methyl sites for hydroxylation is 1. The molecule has 0 saturated carbocycles. The molecule has 2 aromatic rings. The molecule has 24 heavy (non-hydrogen) atoms. The average Bonchev–Trinajstić information content (AvgIpc) is 2.54. The molecule has 0 aliphatic rings. The highest BCUT2D eigenvalue weighted by Crippen LogP contribution is 2.22. The van der Waals surface area contributed by atoms with Crippen molar-refractivity contribution in [2.45, 2.75) is 19.4 Å². The second-order valence-corrected chi connectivity index (χ2v) is 5.34. The summed E-state index contributed by atoms with van der Waals surface area (Å²) in [5.41, 5.74) is 1.59. The first-order valence-corrected chi connectivity index (χ1v) is 7.20. The molecule has 0 heterocycles. The lowest BCUT2D eigenvalue weighted by molar-refractivity contribution is -0.384. The van der Waals surface area contributed by atoms with Crippen molar-refractivity contribution in [2.24, 2.45) is 0 Å². The number of nitro groups is 1. The number of nitrogens with zero attached hydrogens (tertiary/aromatic N) is 1. The van der Waals surface area contributed by atoms with E-state index in [-0.39, 0.29) is 12.1 Å². The number of hydrogen-bond acceptors (Lipinski definition) is 4. The number of nitrogens with one attached hydrogen (secondary N) is 1. The van der Waals surface area contributed by atoms with Crippen LogP contribution >= 0.6 is 0 Å². The van der Waals surface area contributed by atoms with Gasteiger partial charge in [0, 0.05) is 17.7 Å². The minimum atomic E-state index is -1.12. The van der Waals surface area contributed by atoms with Gasteiger partial charge in [0.1, 0.15) is 0 Å². The lowest BCUT2D eigenvalue weighted by atomic mass is 10.0. The summed E-state index contributed by atoms with van der Waals surface area (Å²) in [7, 11) is 0. The summed E-state index contributed by atoms with van der Waals surface area (Å²) in [6, 6.07) is 11.5. The summed E-state index contributed by atoms with van der Waals surface area (Å²) < 4.78 is 0. The van der Waals surface area contributed by atoms with E-state index in [2.05, 4.69) is 5.32 Å². The van der Waals surface area contributed by atoms with Gasteiger partial charge in [-0.1, -0.05) is 29.8 Å². The Bertz CT molecular complexity index is 771. The average molecular weight is 328 g/mol. The van der Waals surface area contributed by atoms with Crippen molar-refractivity contribution in [3.63, 3.8) is 0 Å². The number of hydrogen-bond donors (Lipinski definition) is 2. The lowest BCUT2D eigenvalue weighted by Crippen LogP contribution is -2.30. The van der Waals surface area contributed by atoms with Crippen LogP contribution in [0.3, 0.4) is 0 Å². The first-order valence-electron chi connectivity index (χ1n) is 7.20. The number of carboxylic acids is 1. The maximum atomic E-state index is 12.3. The van der Waals surface area contributed by atoms with Gasteiger partial charge in [-0.15, -0.1) is 0 Å². The molecule has 7 heteroatoms. The molecule has 0 fully saturated rings. The Balaban J connectivity index is 2.26. The zero-order chi connectivity index (χ0) is 17.7. The Morgan fingerprint density at radius 1 is 1.21 bits per heavy atom. The number of rotatable bonds is 6. The number of carbonyl (C=O) groups excluding carboxylic acids is 1. The third-order valence-electron chi connectivity index (χ3n) is 3.48. The largest absolute Gasteiger partial charge is 0.481 e. The predicted octanol–water partition coefficient (Wildman–Crippen LogP) is 2.85. The quantitative estimate of drug-likeness (QED) is 0.626. The maximum absolute atomic E-state index is 12.3. The molecule has 0 unspecified atom stereocenters. The van der Waals surface area contributed by atoms with Crippen LogP contribution in [0.4, 0.5) is 5.69 Å². The van der Waals surface area contributed by atoms with Crippen molar-refractivity contribution >= 4 is 17.6 Å². The molecular weight excluding hydrogens is 312 g/mol. The number of benzene rings is 2. The van der Waals surface area contributed by atoms with Crippen LogP contribution in [0.25, 0.3) is 0 Å². The van der Waals surface area contributed by atoms with E-state index >= 15 is 0 Å². The second kappa shape index (κ2) is 7.36. The van der Waals surface area contributed by atoms with E-state index in [1.54, 1.807) is 30.3 Å². The molecule has 0 spiro atoms. The number of amides is 1. The van der Waals surface area contributed by atoms with E-state index in [4.69, 9.17) is 5.11 Å². The highest BCUT2D eigenvalue weighted by molar-refractivity contribution is 5.94. The van der Waals surface area contributed by atoms with Crippen LogP contribution in [0.2, 0.25) is 0 Å². The van der Waals surface area contributed by atoms with Gasteiger partial charge in [0.05, 0.1) is 17.4 Å². The number of non-ortho nitro benzene ring substituents is 1. The maximum Gasteiger partial charge on any atom is 0.305 e. The van der Waals surface area contributed by atoms with Crippen LogP contribution in [0, 0.1) is 17.0 Å². The van der Waals surface area contributed by atoms with Gasteiger partial charge in [-0.05, 0) is 24.6 Å². The van der Waals surface area contributed by atoms with E-state index < -0.39 is 22.8 Å². The van der Waals surface area contributed by atoms with Crippen molar-refractivity contribution < 1.29 is 19.6 Å². The molecule has 0 aromatic heterocycles. The third-order valence-corrected chi connectivity index (χ3v) is 3.48. The first-order chi connectivity index (χ1) is 11.4. The van der Waals surface area contributed by atoms with Gasteiger partial charge < -0.3 is 10.4 Å². The van der Waals surface area contributed by atoms with Crippen LogP contribution in [-0.4, -0.2) is 21.9 Å². The highest BCUT2D eigenvalue weighted by atomic mass is 16.6. The molecule has 0 saturated heterocycles. The zero-order valence-corrected chi connectivity index (χ0v) is 12.9. The molecule has 0 aliphatic carbocycles. The summed E-state index contributed by atoms with van der Waals surface area (Å²) in [4.78, 5) is 33.7. The second-order valence-electron chi connectivity index (χ2n) is 5.34. The van der Waals surface area contributed by atoms with Crippen LogP contribution < -0.4 is 5.32 Å². The van der Waals surface area contributed by atoms with Crippen LogP contribution in [-0.2, 0) is 4.79 Å². The molecule has 1 atom stereocenters. The predicted molar refractivity (Wildman–Crippen MR) is 86.7 cm³/mol. The third kappa shape index (κ3) is 4.39. The van der Waals surface area contributed by atoms with E-state index in [1.165, 1.54) is 18.2 Å². The Morgan fingerprint density at radius 3 is 2.46 bits per heavy atom. The fraction of sp³-hybridized carbons (Fsp3) is 0.176. The Kier molecular flexibility index (Phi) is 5.26. The molecule has 0 bridgehead atoms. The van der Waals surface area contributed by atoms with Gasteiger partial charge in [0.25, 0.3) is 11.6 Å². The minimum Gasteiger partial charge on any atom is -0.481 e. The number of carbonyl (C=O) groups is 2. The smallest absolute Gasteiger partial charge is 0.305 e. The molecule has 2 N–H and O–H groups in total. The van der Waals surface area contributed by atoms with E-state index in [9.17, 15) is 19.7 Å². The fourth-order valence-electron chi connectivity index (χ4n) is 2.23. The van der Waals surface area contributed by atoms with Crippen molar-refractivity contribution in [3.8, 4) is 0 Å². The zero-order valence-electron chi connectivity index (χ0n) is 12.9. The van der Waals surface area contributed by atoms with E-state index in [0.29, 0.717) is 11.1 Å². The molecule has 124 valence electrons. The summed E-state index contributed by atoms with van der Waals surface area (Å²) in [5.74, 6) is -1.55. The standard InChI is InChI=1S/C17H16N2O5/c1-11-5-7-12(8-6-11)17(22)18-15(10-16(20)21)13-3-2-4-14(9-13)19(23)24/h2-9,15H,10H2,1H3,(H,18,22)(H,20,21)/t15-/m1/s1. The van der Waals surface area contributed by atoms with Crippen molar-refractivity contribution in [1.82, 2.24) is 5.32 Å². The van der Waals surface area contributed by atoms with Crippen LogP contribution in [0.5, 0.6) is 0 Å². The molecule has 0 aliphatic heterocycles. The van der Waals surface area contributed by atoms with Gasteiger partial charge in [0.2, 0.25) is 0 Å². The first kappa shape index (κ1) is 17.1. The minimum absolute atomic E-state index is 0.160. The molecule has 2 aromatic carbocycles. The van der Waals surface area contributed by atoms with Crippen molar-refractivity contribution in [3.05, 3.63) is 75.3 Å². The van der Waals surface area contributed by atoms with Crippen molar-refractivity contribution in [1.29, 1.82) is 0 Å². The number of carboxylic acid groups (broad SMARTS) is 1. The van der Waals surface area contributed by atoms with Crippen LogP contribution in [0.1, 0.15) is 33.9 Å². The molecule has 7 nitrogen and oxygen atoms in total. The number of aliphatic carboxylic acids is 1. The van der Waals surface area contributed by atoms with E-state index in [0.717, 1.165) is 5.56 Å². The lowest BCUT2D eigenvalue weighted by Gasteiger charge is -2.17. The Morgan fingerprint density at radius 2 is 1.88 bits per heavy atom. The van der Waals surface area contributed by atoms with Gasteiger partial charge in [-0.3, -0.25) is 19.7 Å². The SMILES string of the molecule is Cc1ccc(C(=O)N[C@H](CC(=O)O)c2cccc([N+](=O)[O-])c2)cc1. The van der Waals surface area contributed by atoms with Gasteiger partial charge in [-0.25, -0.2) is 0 Å². The normalized spacial score (nSPS) is 11.5. The number of nitro benzene ring substituents is 1. The summed E-state index contributed by atoms with van der Waals surface area (Å²) in [5, 5.41) is 22.6. The van der Waals surface area contributed by atoms with Crippen LogP contribution in [0.15, 0.2) is 48.5 Å². The fourth-order valence-corrected chi connectivity index (χ4v) is 2.23. The molecule has 0 radical (unpaired) electrons. The highest BCUT2D eigenvalue weighted by Gasteiger charge is 2.20. The summed E-state index contributed by atoms with van der Waals surface area (Å²) in [6.45, 7) is 1.89.